The number of nitrogens with zero attached hydrogens (tertiary/aromatic N) is 1. The summed E-state index contributed by atoms with van der Waals surface area (Å²) in [5, 5.41) is 7.44. The van der Waals surface area contributed by atoms with Crippen LogP contribution in [0.1, 0.15) is 49.5 Å². The second kappa shape index (κ2) is 8.45. The van der Waals surface area contributed by atoms with E-state index >= 15 is 0 Å². The number of imide groups is 1. The molecular weight excluding hydrogens is 310 g/mol. The third-order valence-corrected chi connectivity index (χ3v) is 5.59. The van der Waals surface area contributed by atoms with Gasteiger partial charge in [0.1, 0.15) is 0 Å². The highest BCUT2D eigenvalue weighted by molar-refractivity contribution is 7.10. The summed E-state index contributed by atoms with van der Waals surface area (Å²) in [6, 6.07) is 1.57. The standard InChI is InChI=1S/C17H27N3O2S/c1-12-9-10-23-15(12)11-20(3)13(2)16(21)19-17(22)18-14-7-5-4-6-8-14/h9-10,13-14H,4-8,11H2,1-3H3,(H2,18,19,21,22)/t13-/m1/s1. The van der Waals surface area contributed by atoms with Gasteiger partial charge in [0.15, 0.2) is 0 Å². The number of thiophene rings is 1. The van der Waals surface area contributed by atoms with Crippen LogP contribution >= 0.6 is 11.3 Å². The molecule has 1 aliphatic carbocycles. The average Bonchev–Trinajstić information content (AvgIpc) is 2.92. The lowest BCUT2D eigenvalue weighted by Crippen LogP contribution is -2.50. The molecule has 0 aromatic carbocycles. The number of hydrogen-bond acceptors (Lipinski definition) is 4. The van der Waals surface area contributed by atoms with E-state index in [0.29, 0.717) is 6.54 Å². The number of rotatable bonds is 5. The minimum Gasteiger partial charge on any atom is -0.335 e. The second-order valence-electron chi connectivity index (χ2n) is 6.42. The van der Waals surface area contributed by atoms with Crippen molar-refractivity contribution >= 4 is 23.3 Å². The van der Waals surface area contributed by atoms with Crippen molar-refractivity contribution in [3.8, 4) is 0 Å². The molecule has 1 aromatic rings. The highest BCUT2D eigenvalue weighted by atomic mass is 32.1. The Kier molecular flexibility index (Phi) is 6.59. The molecule has 2 N–H and O–H groups in total. The molecule has 0 spiro atoms. The van der Waals surface area contributed by atoms with Gasteiger partial charge in [-0.25, -0.2) is 4.79 Å². The Balaban J connectivity index is 1.79. The van der Waals surface area contributed by atoms with Crippen molar-refractivity contribution in [1.82, 2.24) is 15.5 Å². The minimum atomic E-state index is -0.366. The Labute approximate surface area is 142 Å². The van der Waals surface area contributed by atoms with Crippen LogP contribution in [-0.2, 0) is 11.3 Å². The van der Waals surface area contributed by atoms with Crippen LogP contribution in [0.5, 0.6) is 0 Å². The monoisotopic (exact) mass is 337 g/mol. The van der Waals surface area contributed by atoms with Crippen LogP contribution in [0.3, 0.4) is 0 Å². The van der Waals surface area contributed by atoms with E-state index in [1.54, 1.807) is 11.3 Å². The van der Waals surface area contributed by atoms with Crippen LogP contribution < -0.4 is 10.6 Å². The Morgan fingerprint density at radius 1 is 1.35 bits per heavy atom. The lowest BCUT2D eigenvalue weighted by molar-refractivity contribution is -0.124. The lowest BCUT2D eigenvalue weighted by atomic mass is 9.96. The van der Waals surface area contributed by atoms with Gasteiger partial charge in [-0.2, -0.15) is 0 Å². The van der Waals surface area contributed by atoms with Gasteiger partial charge in [0.05, 0.1) is 6.04 Å². The Morgan fingerprint density at radius 3 is 2.65 bits per heavy atom. The van der Waals surface area contributed by atoms with Crippen molar-refractivity contribution in [2.24, 2.45) is 0 Å². The Morgan fingerprint density at radius 2 is 2.04 bits per heavy atom. The summed E-state index contributed by atoms with van der Waals surface area (Å²) >= 11 is 1.69. The largest absolute Gasteiger partial charge is 0.335 e. The van der Waals surface area contributed by atoms with Crippen LogP contribution in [0, 0.1) is 6.92 Å². The molecular formula is C17H27N3O2S. The summed E-state index contributed by atoms with van der Waals surface area (Å²) in [7, 11) is 1.91. The molecule has 1 atom stereocenters. The van der Waals surface area contributed by atoms with Gasteiger partial charge in [-0.1, -0.05) is 19.3 Å². The number of aryl methyl sites for hydroxylation is 1. The van der Waals surface area contributed by atoms with E-state index in [1.165, 1.54) is 16.9 Å². The summed E-state index contributed by atoms with van der Waals surface area (Å²) in [5.74, 6) is -0.255. The molecule has 0 aliphatic heterocycles. The molecule has 1 saturated carbocycles. The molecule has 1 heterocycles. The zero-order chi connectivity index (χ0) is 16.8. The SMILES string of the molecule is Cc1ccsc1CN(C)[C@H](C)C(=O)NC(=O)NC1CCCCC1. The third kappa shape index (κ3) is 5.32. The minimum absolute atomic E-state index is 0.207. The fraction of sp³-hybridized carbons (Fsp3) is 0.647. The number of urea groups is 1. The van der Waals surface area contributed by atoms with Crippen molar-refractivity contribution in [3.05, 3.63) is 21.9 Å². The van der Waals surface area contributed by atoms with E-state index in [9.17, 15) is 9.59 Å². The number of carbonyl (C=O) groups excluding carboxylic acids is 2. The number of hydrogen-bond donors (Lipinski definition) is 2. The maximum Gasteiger partial charge on any atom is 0.321 e. The lowest BCUT2D eigenvalue weighted by Gasteiger charge is -2.25. The van der Waals surface area contributed by atoms with E-state index in [0.717, 1.165) is 25.7 Å². The van der Waals surface area contributed by atoms with E-state index in [1.807, 2.05) is 18.9 Å². The van der Waals surface area contributed by atoms with Gasteiger partial charge < -0.3 is 5.32 Å². The van der Waals surface area contributed by atoms with E-state index in [4.69, 9.17) is 0 Å². The topological polar surface area (TPSA) is 61.4 Å². The Bertz CT molecular complexity index is 538. The number of nitrogens with one attached hydrogen (secondary N) is 2. The van der Waals surface area contributed by atoms with Crippen molar-refractivity contribution in [1.29, 1.82) is 0 Å². The average molecular weight is 337 g/mol. The first-order valence-corrected chi connectivity index (χ1v) is 9.20. The molecule has 1 fully saturated rings. The van der Waals surface area contributed by atoms with Crippen LogP contribution in [0.2, 0.25) is 0 Å². The fourth-order valence-corrected chi connectivity index (χ4v) is 3.78. The fourth-order valence-electron chi connectivity index (χ4n) is 2.81. The van der Waals surface area contributed by atoms with Crippen LogP contribution in [0.4, 0.5) is 4.79 Å². The predicted molar refractivity (Wildman–Crippen MR) is 93.5 cm³/mol. The summed E-state index contributed by atoms with van der Waals surface area (Å²) in [6.45, 7) is 4.61. The maximum atomic E-state index is 12.2. The van der Waals surface area contributed by atoms with E-state index in [2.05, 4.69) is 29.0 Å². The molecule has 3 amide bonds. The van der Waals surface area contributed by atoms with Gasteiger partial charge in [-0.15, -0.1) is 11.3 Å². The molecule has 0 unspecified atom stereocenters. The van der Waals surface area contributed by atoms with Crippen molar-refractivity contribution < 1.29 is 9.59 Å². The first-order valence-electron chi connectivity index (χ1n) is 8.32. The van der Waals surface area contributed by atoms with Gasteiger partial charge in [0.2, 0.25) is 5.91 Å². The molecule has 6 heteroatoms. The molecule has 0 bridgehead atoms. The molecule has 1 aliphatic rings. The predicted octanol–water partition coefficient (Wildman–Crippen LogP) is 3.04. The highest BCUT2D eigenvalue weighted by Gasteiger charge is 2.22. The van der Waals surface area contributed by atoms with Gasteiger partial charge in [0, 0.05) is 17.5 Å². The highest BCUT2D eigenvalue weighted by Crippen LogP contribution is 2.18. The number of likely N-dealkylation sites (N-methyl/N-ethyl adjacent to an activating group) is 1. The molecule has 128 valence electrons. The summed E-state index contributed by atoms with van der Waals surface area (Å²) < 4.78 is 0. The van der Waals surface area contributed by atoms with Crippen molar-refractivity contribution in [3.63, 3.8) is 0 Å². The first-order chi connectivity index (χ1) is 11.0. The smallest absolute Gasteiger partial charge is 0.321 e. The zero-order valence-corrected chi connectivity index (χ0v) is 15.0. The number of carbonyl (C=O) groups is 2. The molecule has 2 rings (SSSR count). The van der Waals surface area contributed by atoms with Crippen LogP contribution in [-0.4, -0.2) is 36.0 Å². The van der Waals surface area contributed by atoms with Gasteiger partial charge in [-0.05, 0) is 50.7 Å². The van der Waals surface area contributed by atoms with E-state index in [-0.39, 0.29) is 24.0 Å². The molecule has 5 nitrogen and oxygen atoms in total. The summed E-state index contributed by atoms with van der Waals surface area (Å²) in [6.07, 6.45) is 5.56. The maximum absolute atomic E-state index is 12.2. The molecule has 0 saturated heterocycles. The second-order valence-corrected chi connectivity index (χ2v) is 7.42. The summed E-state index contributed by atoms with van der Waals surface area (Å²) in [5.41, 5.74) is 1.24. The van der Waals surface area contributed by atoms with E-state index < -0.39 is 0 Å². The van der Waals surface area contributed by atoms with Crippen LogP contribution in [0.15, 0.2) is 11.4 Å². The van der Waals surface area contributed by atoms with Crippen molar-refractivity contribution in [2.75, 3.05) is 7.05 Å². The third-order valence-electron chi connectivity index (χ3n) is 4.58. The molecule has 1 aromatic heterocycles. The van der Waals surface area contributed by atoms with Gasteiger partial charge >= 0.3 is 6.03 Å². The number of amides is 3. The van der Waals surface area contributed by atoms with Crippen LogP contribution in [0.25, 0.3) is 0 Å². The van der Waals surface area contributed by atoms with Crippen molar-refractivity contribution in [2.45, 2.75) is 64.6 Å². The summed E-state index contributed by atoms with van der Waals surface area (Å²) in [4.78, 5) is 27.4. The van der Waals surface area contributed by atoms with Gasteiger partial charge in [0.25, 0.3) is 0 Å². The Hall–Kier alpha value is -1.40. The zero-order valence-electron chi connectivity index (χ0n) is 14.2. The first kappa shape index (κ1) is 17.9. The molecule has 23 heavy (non-hydrogen) atoms. The quantitative estimate of drug-likeness (QED) is 0.868. The molecule has 0 radical (unpaired) electrons. The van der Waals surface area contributed by atoms with Gasteiger partial charge in [-0.3, -0.25) is 15.0 Å². The normalized spacial score (nSPS) is 17.0.